The van der Waals surface area contributed by atoms with Crippen LogP contribution in [0.15, 0.2) is 59.5 Å². The zero-order valence-electron chi connectivity index (χ0n) is 13.5. The van der Waals surface area contributed by atoms with Crippen LogP contribution in [0, 0.1) is 11.6 Å². The monoisotopic (exact) mass is 393 g/mol. The molecule has 0 aliphatic rings. The molecule has 0 aliphatic carbocycles. The van der Waals surface area contributed by atoms with Gasteiger partial charge in [0, 0.05) is 16.7 Å². The molecule has 0 saturated heterocycles. The Morgan fingerprint density at radius 2 is 1.73 bits per heavy atom. The van der Waals surface area contributed by atoms with E-state index < -0.39 is 27.4 Å². The first-order valence-electron chi connectivity index (χ1n) is 7.41. The first-order chi connectivity index (χ1) is 12.3. The lowest BCUT2D eigenvalue weighted by atomic mass is 10.2. The number of carbonyl (C=O) groups is 1. The molecule has 1 amide bonds. The van der Waals surface area contributed by atoms with Crippen LogP contribution in [0.2, 0.25) is 0 Å². The number of benzene rings is 2. The number of amides is 1. The highest BCUT2D eigenvalue weighted by atomic mass is 32.2. The molecule has 1 aromatic heterocycles. The van der Waals surface area contributed by atoms with Gasteiger partial charge in [0.2, 0.25) is 0 Å². The molecule has 2 aromatic carbocycles. The molecule has 8 heteroatoms. The number of anilines is 1. The Kier molecular flexibility index (Phi) is 4.88. The third-order valence-corrected chi connectivity index (χ3v) is 5.81. The van der Waals surface area contributed by atoms with Gasteiger partial charge in [-0.1, -0.05) is 18.2 Å². The predicted octanol–water partition coefficient (Wildman–Crippen LogP) is 4.35. The Bertz CT molecular complexity index is 1090. The molecule has 26 heavy (non-hydrogen) atoms. The van der Waals surface area contributed by atoms with Gasteiger partial charge in [-0.05, 0) is 36.4 Å². The maximum Gasteiger partial charge on any atom is 0.265 e. The van der Waals surface area contributed by atoms with E-state index in [9.17, 15) is 22.0 Å². The van der Waals surface area contributed by atoms with Crippen LogP contribution in [0.3, 0.4) is 0 Å². The van der Waals surface area contributed by atoms with Gasteiger partial charge in [-0.3, -0.25) is 4.79 Å². The molecule has 0 radical (unpaired) electrons. The molecular formula is C18H13F2NO3S2. The van der Waals surface area contributed by atoms with Crippen molar-refractivity contribution >= 4 is 32.8 Å². The lowest BCUT2D eigenvalue weighted by Gasteiger charge is -2.07. The number of halogens is 2. The van der Waals surface area contributed by atoms with E-state index in [1.807, 2.05) is 0 Å². The van der Waals surface area contributed by atoms with Crippen molar-refractivity contribution in [1.82, 2.24) is 0 Å². The number of sulfone groups is 1. The lowest BCUT2D eigenvalue weighted by molar-refractivity contribution is 0.103. The van der Waals surface area contributed by atoms with E-state index in [0.717, 1.165) is 35.8 Å². The second-order valence-corrected chi connectivity index (χ2v) is 8.61. The fourth-order valence-corrected chi connectivity index (χ4v) is 3.86. The minimum Gasteiger partial charge on any atom is -0.319 e. The van der Waals surface area contributed by atoms with Crippen LogP contribution in [0.1, 0.15) is 9.67 Å². The van der Waals surface area contributed by atoms with Crippen LogP contribution in [0.5, 0.6) is 0 Å². The second kappa shape index (κ2) is 6.97. The van der Waals surface area contributed by atoms with Gasteiger partial charge >= 0.3 is 0 Å². The fraction of sp³-hybridized carbons (Fsp3) is 0.0556. The van der Waals surface area contributed by atoms with Gasteiger partial charge in [0.25, 0.3) is 5.91 Å². The van der Waals surface area contributed by atoms with Gasteiger partial charge in [0.15, 0.2) is 9.84 Å². The molecule has 0 spiro atoms. The van der Waals surface area contributed by atoms with E-state index in [2.05, 4.69) is 5.32 Å². The molecule has 4 nitrogen and oxygen atoms in total. The van der Waals surface area contributed by atoms with E-state index in [4.69, 9.17) is 0 Å². The van der Waals surface area contributed by atoms with Gasteiger partial charge in [-0.15, -0.1) is 11.3 Å². The molecule has 0 fully saturated rings. The van der Waals surface area contributed by atoms with Crippen molar-refractivity contribution in [3.05, 3.63) is 71.1 Å². The van der Waals surface area contributed by atoms with Crippen LogP contribution in [0.4, 0.5) is 14.5 Å². The summed E-state index contributed by atoms with van der Waals surface area (Å²) in [6, 6.07) is 12.4. The molecule has 0 bridgehead atoms. The number of hydrogen-bond acceptors (Lipinski definition) is 4. The van der Waals surface area contributed by atoms with Crippen LogP contribution in [-0.2, 0) is 9.84 Å². The second-order valence-electron chi connectivity index (χ2n) is 5.51. The Labute approximate surface area is 153 Å². The van der Waals surface area contributed by atoms with Crippen LogP contribution < -0.4 is 5.32 Å². The van der Waals surface area contributed by atoms with Crippen molar-refractivity contribution in [3.63, 3.8) is 0 Å². The average Bonchev–Trinajstić information content (AvgIpc) is 3.06. The van der Waals surface area contributed by atoms with Crippen molar-refractivity contribution in [1.29, 1.82) is 0 Å². The van der Waals surface area contributed by atoms with Gasteiger partial charge in [0.1, 0.15) is 11.6 Å². The molecule has 0 saturated carbocycles. The number of rotatable bonds is 4. The third-order valence-electron chi connectivity index (χ3n) is 3.58. The topological polar surface area (TPSA) is 63.2 Å². The normalized spacial score (nSPS) is 11.3. The molecule has 0 atom stereocenters. The van der Waals surface area contributed by atoms with Crippen LogP contribution in [0.25, 0.3) is 10.4 Å². The Balaban J connectivity index is 1.87. The molecule has 0 aliphatic heterocycles. The van der Waals surface area contributed by atoms with E-state index in [0.29, 0.717) is 10.4 Å². The van der Waals surface area contributed by atoms with E-state index in [-0.39, 0.29) is 15.5 Å². The summed E-state index contributed by atoms with van der Waals surface area (Å²) < 4.78 is 50.9. The molecule has 3 rings (SSSR count). The largest absolute Gasteiger partial charge is 0.319 e. The summed E-state index contributed by atoms with van der Waals surface area (Å²) in [5.41, 5.74) is 0.126. The third kappa shape index (κ3) is 3.81. The number of thiophene rings is 1. The van der Waals surface area contributed by atoms with Gasteiger partial charge < -0.3 is 5.32 Å². The van der Waals surface area contributed by atoms with E-state index in [1.54, 1.807) is 24.3 Å². The lowest BCUT2D eigenvalue weighted by Crippen LogP contribution is -2.12. The SMILES string of the molecule is CS(=O)(=O)c1ccc(F)c(NC(=O)c2ccc(-c3ccccc3F)s2)c1. The molecular weight excluding hydrogens is 380 g/mol. The number of carbonyl (C=O) groups excluding carboxylic acids is 1. The summed E-state index contributed by atoms with van der Waals surface area (Å²) in [6.45, 7) is 0. The Hall–Kier alpha value is -2.58. The summed E-state index contributed by atoms with van der Waals surface area (Å²) in [7, 11) is -3.54. The van der Waals surface area contributed by atoms with Crippen LogP contribution in [-0.4, -0.2) is 20.6 Å². The summed E-state index contributed by atoms with van der Waals surface area (Å²) >= 11 is 1.05. The zero-order chi connectivity index (χ0) is 18.9. The summed E-state index contributed by atoms with van der Waals surface area (Å²) in [5, 5.41) is 2.36. The fourth-order valence-electron chi connectivity index (χ4n) is 2.28. The van der Waals surface area contributed by atoms with Gasteiger partial charge in [0.05, 0.1) is 15.5 Å². The molecule has 1 heterocycles. The summed E-state index contributed by atoms with van der Waals surface area (Å²) in [4.78, 5) is 13.0. The van der Waals surface area contributed by atoms with Crippen molar-refractivity contribution in [3.8, 4) is 10.4 Å². The molecule has 134 valence electrons. The molecule has 1 N–H and O–H groups in total. The zero-order valence-corrected chi connectivity index (χ0v) is 15.1. The van der Waals surface area contributed by atoms with Crippen molar-refractivity contribution < 1.29 is 22.0 Å². The minimum atomic E-state index is -3.54. The standard InChI is InChI=1S/C18H13F2NO3S2/c1-26(23,24)11-6-7-14(20)15(10-11)21-18(22)17-9-8-16(25-17)12-4-2-3-5-13(12)19/h2-10H,1H3,(H,21,22). The quantitative estimate of drug-likeness (QED) is 0.671. The maximum atomic E-state index is 13.9. The first-order valence-corrected chi connectivity index (χ1v) is 10.1. The summed E-state index contributed by atoms with van der Waals surface area (Å²) in [5.74, 6) is -1.77. The average molecular weight is 393 g/mol. The molecule has 3 aromatic rings. The van der Waals surface area contributed by atoms with Gasteiger partial charge in [-0.25, -0.2) is 17.2 Å². The highest BCUT2D eigenvalue weighted by molar-refractivity contribution is 7.90. The highest BCUT2D eigenvalue weighted by Gasteiger charge is 2.16. The Morgan fingerprint density at radius 1 is 1.00 bits per heavy atom. The first kappa shape index (κ1) is 18.2. The Morgan fingerprint density at radius 3 is 2.42 bits per heavy atom. The van der Waals surface area contributed by atoms with Crippen molar-refractivity contribution in [2.24, 2.45) is 0 Å². The van der Waals surface area contributed by atoms with Crippen LogP contribution >= 0.6 is 11.3 Å². The van der Waals surface area contributed by atoms with Crippen molar-refractivity contribution in [2.75, 3.05) is 11.6 Å². The summed E-state index contributed by atoms with van der Waals surface area (Å²) in [6.07, 6.45) is 0.992. The molecule has 0 unspecified atom stereocenters. The highest BCUT2D eigenvalue weighted by Crippen LogP contribution is 2.30. The van der Waals surface area contributed by atoms with E-state index >= 15 is 0 Å². The van der Waals surface area contributed by atoms with Gasteiger partial charge in [-0.2, -0.15) is 0 Å². The predicted molar refractivity (Wildman–Crippen MR) is 97.2 cm³/mol. The number of nitrogens with one attached hydrogen (secondary N) is 1. The minimum absolute atomic E-state index is 0.104. The maximum absolute atomic E-state index is 13.9. The van der Waals surface area contributed by atoms with E-state index in [1.165, 1.54) is 12.1 Å². The number of hydrogen-bond donors (Lipinski definition) is 1. The smallest absolute Gasteiger partial charge is 0.265 e. The van der Waals surface area contributed by atoms with Crippen molar-refractivity contribution in [2.45, 2.75) is 4.90 Å².